The van der Waals surface area contributed by atoms with E-state index in [1.165, 1.54) is 25.1 Å². The number of ether oxygens (including phenoxy) is 2. The maximum Gasteiger partial charge on any atom is 0.338 e. The van der Waals surface area contributed by atoms with E-state index in [0.29, 0.717) is 6.42 Å². The summed E-state index contributed by atoms with van der Waals surface area (Å²) in [5.74, 6) is -0.954. The highest BCUT2D eigenvalue weighted by Crippen LogP contribution is 2.29. The average Bonchev–Trinajstić information content (AvgIpc) is 2.47. The third-order valence-corrected chi connectivity index (χ3v) is 2.97. The number of nitro groups is 1. The van der Waals surface area contributed by atoms with Gasteiger partial charge in [0.1, 0.15) is 5.75 Å². The van der Waals surface area contributed by atoms with Gasteiger partial charge < -0.3 is 9.47 Å². The van der Waals surface area contributed by atoms with E-state index >= 15 is 0 Å². The van der Waals surface area contributed by atoms with Gasteiger partial charge in [0, 0.05) is 18.3 Å². The van der Waals surface area contributed by atoms with Crippen molar-refractivity contribution in [2.24, 2.45) is 0 Å². The molecule has 1 atom stereocenters. The zero-order valence-electron chi connectivity index (χ0n) is 12.8. The molecule has 0 amide bonds. The van der Waals surface area contributed by atoms with Crippen molar-refractivity contribution in [2.45, 2.75) is 39.7 Å². The molecule has 7 heteroatoms. The van der Waals surface area contributed by atoms with Gasteiger partial charge in [0.25, 0.3) is 0 Å². The highest BCUT2D eigenvalue weighted by atomic mass is 16.6. The molecule has 120 valence electrons. The Balaban J connectivity index is 3.17. The number of hydrogen-bond donors (Lipinski definition) is 0. The predicted octanol–water partition coefficient (Wildman–Crippen LogP) is 2.91. The molecule has 0 aromatic heterocycles. The van der Waals surface area contributed by atoms with Gasteiger partial charge in [-0.3, -0.25) is 14.9 Å². The molecule has 0 aliphatic carbocycles. The molecular formula is C15H19NO6. The van der Waals surface area contributed by atoms with Gasteiger partial charge in [-0.2, -0.15) is 0 Å². The van der Waals surface area contributed by atoms with E-state index in [9.17, 15) is 19.7 Å². The highest BCUT2D eigenvalue weighted by molar-refractivity contribution is 5.90. The molecule has 0 N–H and O–H groups in total. The van der Waals surface area contributed by atoms with E-state index in [0.717, 1.165) is 0 Å². The van der Waals surface area contributed by atoms with E-state index in [-0.39, 0.29) is 29.9 Å². The van der Waals surface area contributed by atoms with Crippen molar-refractivity contribution in [3.63, 3.8) is 0 Å². The van der Waals surface area contributed by atoms with Gasteiger partial charge in [-0.1, -0.05) is 6.92 Å². The van der Waals surface area contributed by atoms with Crippen LogP contribution in [0, 0.1) is 10.1 Å². The van der Waals surface area contributed by atoms with Gasteiger partial charge >= 0.3 is 11.9 Å². The molecule has 1 aromatic carbocycles. The number of esters is 2. The van der Waals surface area contributed by atoms with Gasteiger partial charge in [-0.25, -0.2) is 4.79 Å². The second-order valence-corrected chi connectivity index (χ2v) is 4.66. The summed E-state index contributed by atoms with van der Waals surface area (Å²) in [4.78, 5) is 33.8. The molecule has 7 nitrogen and oxygen atoms in total. The van der Waals surface area contributed by atoms with Gasteiger partial charge in [0.2, 0.25) is 6.04 Å². The lowest BCUT2D eigenvalue weighted by Crippen LogP contribution is -2.14. The molecule has 0 saturated heterocycles. The first-order chi connectivity index (χ1) is 10.4. The maximum atomic E-state index is 11.7. The third kappa shape index (κ3) is 4.54. The van der Waals surface area contributed by atoms with Crippen LogP contribution >= 0.6 is 0 Å². The summed E-state index contributed by atoms with van der Waals surface area (Å²) >= 11 is 0. The van der Waals surface area contributed by atoms with Crippen molar-refractivity contribution in [3.05, 3.63) is 39.4 Å². The third-order valence-electron chi connectivity index (χ3n) is 2.97. The molecular weight excluding hydrogens is 290 g/mol. The molecule has 0 spiro atoms. The summed E-state index contributed by atoms with van der Waals surface area (Å²) in [6, 6.07) is 3.02. The summed E-state index contributed by atoms with van der Waals surface area (Å²) in [7, 11) is 0. The van der Waals surface area contributed by atoms with Crippen LogP contribution in [0.15, 0.2) is 18.2 Å². The van der Waals surface area contributed by atoms with E-state index in [1.54, 1.807) is 6.92 Å². The molecule has 0 bridgehead atoms. The van der Waals surface area contributed by atoms with Crippen LogP contribution in [-0.2, 0) is 9.53 Å². The summed E-state index contributed by atoms with van der Waals surface area (Å²) < 4.78 is 10.0. The van der Waals surface area contributed by atoms with Crippen molar-refractivity contribution in [1.29, 1.82) is 0 Å². The van der Waals surface area contributed by atoms with Crippen LogP contribution in [0.2, 0.25) is 0 Å². The van der Waals surface area contributed by atoms with Crippen LogP contribution in [0.4, 0.5) is 0 Å². The summed E-state index contributed by atoms with van der Waals surface area (Å²) in [6.45, 7) is 5.05. The first kappa shape index (κ1) is 17.6. The monoisotopic (exact) mass is 309 g/mol. The number of nitrogens with zero attached hydrogens (tertiary/aromatic N) is 1. The minimum atomic E-state index is -1.11. The van der Waals surface area contributed by atoms with Crippen molar-refractivity contribution in [3.8, 4) is 5.75 Å². The van der Waals surface area contributed by atoms with E-state index < -0.39 is 22.9 Å². The normalized spacial score (nSPS) is 11.6. The van der Waals surface area contributed by atoms with Crippen molar-refractivity contribution >= 4 is 11.9 Å². The molecule has 0 heterocycles. The lowest BCUT2D eigenvalue weighted by atomic mass is 10.0. The number of benzene rings is 1. The Bertz CT molecular complexity index is 569. The molecule has 0 saturated carbocycles. The molecule has 0 fully saturated rings. The first-order valence-corrected chi connectivity index (χ1v) is 7.05. The zero-order valence-corrected chi connectivity index (χ0v) is 12.8. The number of carbonyl (C=O) groups excluding carboxylic acids is 2. The minimum absolute atomic E-state index is 0.0932. The first-order valence-electron chi connectivity index (χ1n) is 7.05. The van der Waals surface area contributed by atoms with E-state index in [1.807, 2.05) is 6.92 Å². The molecule has 0 aliphatic heterocycles. The molecule has 22 heavy (non-hydrogen) atoms. The smallest absolute Gasteiger partial charge is 0.338 e. The Hall–Kier alpha value is -2.44. The zero-order chi connectivity index (χ0) is 16.7. The van der Waals surface area contributed by atoms with Crippen LogP contribution in [0.5, 0.6) is 5.75 Å². The largest absolute Gasteiger partial charge is 0.462 e. The SMILES string of the molecule is CCCC(=O)Oc1ccc(C(=O)OCC)cc1C(C)[N+](=O)[O-]. The van der Waals surface area contributed by atoms with Crippen LogP contribution in [0.3, 0.4) is 0 Å². The topological polar surface area (TPSA) is 95.7 Å². The van der Waals surface area contributed by atoms with Crippen LogP contribution < -0.4 is 4.74 Å². The summed E-state index contributed by atoms with van der Waals surface area (Å²) in [5.41, 5.74) is 0.348. The average molecular weight is 309 g/mol. The number of carbonyl (C=O) groups is 2. The predicted molar refractivity (Wildman–Crippen MR) is 78.4 cm³/mol. The molecule has 1 rings (SSSR count). The lowest BCUT2D eigenvalue weighted by molar-refractivity contribution is -0.524. The quantitative estimate of drug-likeness (QED) is 0.332. The maximum absolute atomic E-state index is 11.7. The van der Waals surface area contributed by atoms with Crippen molar-refractivity contribution < 1.29 is 24.0 Å². The van der Waals surface area contributed by atoms with Gasteiger partial charge in [-0.15, -0.1) is 0 Å². The van der Waals surface area contributed by atoms with Crippen LogP contribution in [-0.4, -0.2) is 23.5 Å². The Morgan fingerprint density at radius 1 is 1.32 bits per heavy atom. The second-order valence-electron chi connectivity index (χ2n) is 4.66. The fourth-order valence-corrected chi connectivity index (χ4v) is 1.80. The lowest BCUT2D eigenvalue weighted by Gasteiger charge is -2.12. The van der Waals surface area contributed by atoms with Gasteiger partial charge in [-0.05, 0) is 31.5 Å². The molecule has 0 aliphatic rings. The Morgan fingerprint density at radius 3 is 2.55 bits per heavy atom. The van der Waals surface area contributed by atoms with Crippen LogP contribution in [0.1, 0.15) is 55.6 Å². The molecule has 1 aromatic rings. The van der Waals surface area contributed by atoms with Crippen LogP contribution in [0.25, 0.3) is 0 Å². The highest BCUT2D eigenvalue weighted by Gasteiger charge is 2.24. The van der Waals surface area contributed by atoms with Crippen molar-refractivity contribution in [2.75, 3.05) is 6.61 Å². The minimum Gasteiger partial charge on any atom is -0.462 e. The second kappa shape index (κ2) is 8.11. The standard InChI is InChI=1S/C15H19NO6/c1-4-6-14(17)22-13-8-7-11(15(18)21-5-2)9-12(13)10(3)16(19)20/h7-10H,4-6H2,1-3H3. The van der Waals surface area contributed by atoms with E-state index in [2.05, 4.69) is 0 Å². The Kier molecular flexibility index (Phi) is 6.49. The number of hydrogen-bond acceptors (Lipinski definition) is 6. The van der Waals surface area contributed by atoms with E-state index in [4.69, 9.17) is 9.47 Å². The Morgan fingerprint density at radius 2 is 2.00 bits per heavy atom. The summed E-state index contributed by atoms with van der Waals surface area (Å²) in [6.07, 6.45) is 0.825. The summed E-state index contributed by atoms with van der Waals surface area (Å²) in [5, 5.41) is 11.0. The molecule has 0 radical (unpaired) electrons. The fraction of sp³-hybridized carbons (Fsp3) is 0.467. The molecule has 1 unspecified atom stereocenters. The van der Waals surface area contributed by atoms with Gasteiger partial charge in [0.05, 0.1) is 17.7 Å². The fourth-order valence-electron chi connectivity index (χ4n) is 1.80. The van der Waals surface area contributed by atoms with Gasteiger partial charge in [0.15, 0.2) is 0 Å². The van der Waals surface area contributed by atoms with Crippen molar-refractivity contribution in [1.82, 2.24) is 0 Å². The Labute approximate surface area is 128 Å². The number of rotatable bonds is 7.